The lowest BCUT2D eigenvalue weighted by Crippen LogP contribution is -2.31. The third-order valence-electron chi connectivity index (χ3n) is 1.78. The molecule has 0 aliphatic carbocycles. The summed E-state index contributed by atoms with van der Waals surface area (Å²) >= 11 is 2.09. The van der Waals surface area contributed by atoms with Crippen molar-refractivity contribution in [1.82, 2.24) is 5.32 Å². The Morgan fingerprint density at radius 1 is 1.47 bits per heavy atom. The van der Waals surface area contributed by atoms with E-state index in [1.807, 2.05) is 6.07 Å². The second-order valence-corrected chi connectivity index (χ2v) is 4.27. The number of amides is 1. The minimum Gasteiger partial charge on any atom is -0.479 e. The zero-order valence-corrected chi connectivity index (χ0v) is 10.2. The number of halogens is 1. The fourth-order valence-corrected chi connectivity index (χ4v) is 1.74. The third-order valence-corrected chi connectivity index (χ3v) is 2.45. The number of rotatable bonds is 3. The van der Waals surface area contributed by atoms with E-state index in [9.17, 15) is 9.59 Å². The van der Waals surface area contributed by atoms with Crippen molar-refractivity contribution in [2.45, 2.75) is 13.0 Å². The molecular formula is C10H10INO3. The topological polar surface area (TPSA) is 66.4 Å². The molecule has 0 spiro atoms. The van der Waals surface area contributed by atoms with Gasteiger partial charge in [0.15, 0.2) is 6.04 Å². The predicted molar refractivity (Wildman–Crippen MR) is 63.4 cm³/mol. The number of aliphatic carboxylic acids is 1. The molecule has 0 saturated heterocycles. The zero-order chi connectivity index (χ0) is 11.4. The van der Waals surface area contributed by atoms with E-state index >= 15 is 0 Å². The molecule has 1 aromatic carbocycles. The normalized spacial score (nSPS) is 11.9. The Balaban J connectivity index is 2.98. The molecule has 5 heteroatoms. The summed E-state index contributed by atoms with van der Waals surface area (Å²) in [6, 6.07) is 6.05. The maximum absolute atomic E-state index is 10.9. The van der Waals surface area contributed by atoms with Gasteiger partial charge in [-0.2, -0.15) is 0 Å². The first kappa shape index (κ1) is 12.0. The molecule has 4 nitrogen and oxygen atoms in total. The number of carbonyl (C=O) groups excluding carboxylic acids is 1. The number of carboxylic acids is 1. The molecule has 1 atom stereocenters. The summed E-state index contributed by atoms with van der Waals surface area (Å²) in [7, 11) is 0. The molecular weight excluding hydrogens is 309 g/mol. The second kappa shape index (κ2) is 5.11. The number of carbonyl (C=O) groups is 2. The van der Waals surface area contributed by atoms with E-state index < -0.39 is 12.0 Å². The summed E-state index contributed by atoms with van der Waals surface area (Å²) < 4.78 is 0.932. The summed E-state index contributed by atoms with van der Waals surface area (Å²) in [4.78, 5) is 21.8. The summed E-state index contributed by atoms with van der Waals surface area (Å²) in [6.07, 6.45) is 0. The van der Waals surface area contributed by atoms with Gasteiger partial charge in [-0.05, 0) is 40.3 Å². The van der Waals surface area contributed by atoms with Crippen LogP contribution in [0.15, 0.2) is 24.3 Å². The van der Waals surface area contributed by atoms with E-state index in [-0.39, 0.29) is 5.91 Å². The van der Waals surface area contributed by atoms with Crippen LogP contribution in [0.5, 0.6) is 0 Å². The van der Waals surface area contributed by atoms with Gasteiger partial charge in [0.05, 0.1) is 0 Å². The first-order chi connectivity index (χ1) is 7.00. The Kier molecular flexibility index (Phi) is 4.07. The Morgan fingerprint density at radius 3 is 2.60 bits per heavy atom. The highest BCUT2D eigenvalue weighted by molar-refractivity contribution is 14.1. The number of carboxylic acid groups (broad SMARTS) is 1. The highest BCUT2D eigenvalue weighted by atomic mass is 127. The summed E-state index contributed by atoms with van der Waals surface area (Å²) in [5.41, 5.74) is 0.574. The monoisotopic (exact) mass is 319 g/mol. The Labute approximate surface area is 101 Å². The average molecular weight is 319 g/mol. The van der Waals surface area contributed by atoms with Gasteiger partial charge in [-0.1, -0.05) is 12.1 Å². The average Bonchev–Trinajstić information content (AvgIpc) is 2.13. The lowest BCUT2D eigenvalue weighted by molar-refractivity contribution is -0.141. The Bertz CT molecular complexity index is 392. The van der Waals surface area contributed by atoms with E-state index in [1.54, 1.807) is 18.2 Å². The number of hydrogen-bond donors (Lipinski definition) is 2. The fraction of sp³-hybridized carbons (Fsp3) is 0.200. The van der Waals surface area contributed by atoms with Crippen molar-refractivity contribution in [2.75, 3.05) is 0 Å². The molecule has 0 heterocycles. The highest BCUT2D eigenvalue weighted by Crippen LogP contribution is 2.16. The molecule has 0 aromatic heterocycles. The maximum atomic E-state index is 10.9. The molecule has 2 N–H and O–H groups in total. The number of nitrogens with one attached hydrogen (secondary N) is 1. The molecule has 1 unspecified atom stereocenters. The van der Waals surface area contributed by atoms with Gasteiger partial charge in [-0.3, -0.25) is 4.79 Å². The van der Waals surface area contributed by atoms with Crippen LogP contribution in [0.3, 0.4) is 0 Å². The van der Waals surface area contributed by atoms with Crippen molar-refractivity contribution in [3.05, 3.63) is 33.4 Å². The van der Waals surface area contributed by atoms with Crippen molar-refractivity contribution in [1.29, 1.82) is 0 Å². The summed E-state index contributed by atoms with van der Waals surface area (Å²) in [6.45, 7) is 1.30. The minimum absolute atomic E-state index is 0.360. The van der Waals surface area contributed by atoms with Crippen LogP contribution in [0.25, 0.3) is 0 Å². The molecule has 15 heavy (non-hydrogen) atoms. The molecule has 0 fully saturated rings. The Hall–Kier alpha value is -1.11. The predicted octanol–water partition coefficient (Wildman–Crippen LogP) is 1.55. The fourth-order valence-electron chi connectivity index (χ4n) is 1.18. The highest BCUT2D eigenvalue weighted by Gasteiger charge is 2.20. The first-order valence-electron chi connectivity index (χ1n) is 4.26. The zero-order valence-electron chi connectivity index (χ0n) is 8.03. The van der Waals surface area contributed by atoms with Gasteiger partial charge in [-0.15, -0.1) is 0 Å². The van der Waals surface area contributed by atoms with Gasteiger partial charge in [0.25, 0.3) is 0 Å². The number of benzene rings is 1. The molecule has 0 saturated carbocycles. The van der Waals surface area contributed by atoms with E-state index in [1.165, 1.54) is 6.92 Å². The van der Waals surface area contributed by atoms with Crippen molar-refractivity contribution in [3.63, 3.8) is 0 Å². The quantitative estimate of drug-likeness (QED) is 0.831. The number of hydrogen-bond acceptors (Lipinski definition) is 2. The first-order valence-corrected chi connectivity index (χ1v) is 5.34. The minimum atomic E-state index is -1.06. The van der Waals surface area contributed by atoms with Crippen LogP contribution in [0.1, 0.15) is 18.5 Å². The molecule has 1 aromatic rings. The molecule has 0 radical (unpaired) electrons. The molecule has 80 valence electrons. The van der Waals surface area contributed by atoms with Gasteiger partial charge in [0.1, 0.15) is 0 Å². The molecule has 0 aliphatic heterocycles. The summed E-state index contributed by atoms with van der Waals surface area (Å²) in [5.74, 6) is -1.42. The van der Waals surface area contributed by atoms with Crippen LogP contribution in [-0.4, -0.2) is 17.0 Å². The smallest absolute Gasteiger partial charge is 0.330 e. The second-order valence-electron chi connectivity index (χ2n) is 3.03. The SMILES string of the molecule is CC(=O)NC(C(=O)O)c1cccc(I)c1. The van der Waals surface area contributed by atoms with Crippen molar-refractivity contribution in [3.8, 4) is 0 Å². The lowest BCUT2D eigenvalue weighted by atomic mass is 10.1. The van der Waals surface area contributed by atoms with Crippen LogP contribution in [0.4, 0.5) is 0 Å². The van der Waals surface area contributed by atoms with Crippen molar-refractivity contribution < 1.29 is 14.7 Å². The summed E-state index contributed by atoms with van der Waals surface area (Å²) in [5, 5.41) is 11.3. The van der Waals surface area contributed by atoms with Gasteiger partial charge in [0, 0.05) is 10.5 Å². The van der Waals surface area contributed by atoms with E-state index in [0.717, 1.165) is 3.57 Å². The lowest BCUT2D eigenvalue weighted by Gasteiger charge is -2.13. The standard InChI is InChI=1S/C10H10INO3/c1-6(13)12-9(10(14)15)7-3-2-4-8(11)5-7/h2-5,9H,1H3,(H,12,13)(H,14,15). The van der Waals surface area contributed by atoms with Gasteiger partial charge >= 0.3 is 5.97 Å². The molecule has 0 bridgehead atoms. The van der Waals surface area contributed by atoms with Crippen LogP contribution in [0.2, 0.25) is 0 Å². The van der Waals surface area contributed by atoms with Gasteiger partial charge in [-0.25, -0.2) is 4.79 Å². The molecule has 1 amide bonds. The molecule has 1 rings (SSSR count). The van der Waals surface area contributed by atoms with Crippen LogP contribution in [-0.2, 0) is 9.59 Å². The van der Waals surface area contributed by atoms with E-state index in [0.29, 0.717) is 5.56 Å². The van der Waals surface area contributed by atoms with Gasteiger partial charge < -0.3 is 10.4 Å². The maximum Gasteiger partial charge on any atom is 0.330 e. The van der Waals surface area contributed by atoms with Crippen molar-refractivity contribution >= 4 is 34.5 Å². The largest absolute Gasteiger partial charge is 0.479 e. The van der Waals surface area contributed by atoms with Crippen LogP contribution >= 0.6 is 22.6 Å². The molecule has 0 aliphatic rings. The third kappa shape index (κ3) is 3.50. The van der Waals surface area contributed by atoms with Crippen molar-refractivity contribution in [2.24, 2.45) is 0 Å². The van der Waals surface area contributed by atoms with E-state index in [2.05, 4.69) is 27.9 Å². The van der Waals surface area contributed by atoms with Crippen LogP contribution < -0.4 is 5.32 Å². The Morgan fingerprint density at radius 2 is 2.13 bits per heavy atom. The van der Waals surface area contributed by atoms with Crippen LogP contribution in [0, 0.1) is 3.57 Å². The van der Waals surface area contributed by atoms with E-state index in [4.69, 9.17) is 5.11 Å². The van der Waals surface area contributed by atoms with Gasteiger partial charge in [0.2, 0.25) is 5.91 Å².